The summed E-state index contributed by atoms with van der Waals surface area (Å²) in [4.78, 5) is 24.7. The highest BCUT2D eigenvalue weighted by molar-refractivity contribution is 5.95. The first kappa shape index (κ1) is 27.7. The van der Waals surface area contributed by atoms with Crippen LogP contribution in [0.4, 0.5) is 0 Å². The fourth-order valence-corrected chi connectivity index (χ4v) is 3.25. The van der Waals surface area contributed by atoms with E-state index in [1.54, 1.807) is 24.3 Å². The Kier molecular flexibility index (Phi) is 13.4. The monoisotopic (exact) mass is 442 g/mol. The molecule has 0 saturated carbocycles. The SMILES string of the molecule is CC(C)=CCCC(C)CCOC(=O)c1cccc(C(=O)OCCC(C)CCC=C(C)C)c1. The number of rotatable bonds is 14. The van der Waals surface area contributed by atoms with Crippen molar-refractivity contribution < 1.29 is 19.1 Å². The van der Waals surface area contributed by atoms with E-state index in [4.69, 9.17) is 9.47 Å². The van der Waals surface area contributed by atoms with E-state index in [-0.39, 0.29) is 0 Å². The molecule has 0 aliphatic carbocycles. The zero-order chi connectivity index (χ0) is 23.9. The topological polar surface area (TPSA) is 52.6 Å². The Balaban J connectivity index is 2.41. The number of benzene rings is 1. The van der Waals surface area contributed by atoms with E-state index >= 15 is 0 Å². The summed E-state index contributed by atoms with van der Waals surface area (Å²) in [6.45, 7) is 13.5. The van der Waals surface area contributed by atoms with Crippen molar-refractivity contribution in [1.82, 2.24) is 0 Å². The first-order valence-corrected chi connectivity index (χ1v) is 11.9. The number of carbonyl (C=O) groups excluding carboxylic acids is 2. The maximum absolute atomic E-state index is 12.4. The largest absolute Gasteiger partial charge is 0.462 e. The van der Waals surface area contributed by atoms with Crippen molar-refractivity contribution in [1.29, 1.82) is 0 Å². The molecule has 2 atom stereocenters. The lowest BCUT2D eigenvalue weighted by molar-refractivity contribution is 0.0483. The van der Waals surface area contributed by atoms with Crippen molar-refractivity contribution in [2.24, 2.45) is 11.8 Å². The molecule has 178 valence electrons. The average Bonchev–Trinajstić information content (AvgIpc) is 2.73. The van der Waals surface area contributed by atoms with E-state index in [9.17, 15) is 9.59 Å². The van der Waals surface area contributed by atoms with Crippen LogP contribution in [-0.4, -0.2) is 25.2 Å². The molecule has 0 radical (unpaired) electrons. The standard InChI is InChI=1S/C28H42O4/c1-21(2)10-7-12-23(5)16-18-31-27(29)25-14-9-15-26(20-25)28(30)32-19-17-24(6)13-8-11-22(3)4/h9-11,14-15,20,23-24H,7-8,12-13,16-19H2,1-6H3. The Hall–Kier alpha value is -2.36. The molecule has 1 rings (SSSR count). The van der Waals surface area contributed by atoms with Gasteiger partial charge in [-0.15, -0.1) is 0 Å². The predicted octanol–water partition coefficient (Wildman–Crippen LogP) is 7.55. The molecular formula is C28H42O4. The van der Waals surface area contributed by atoms with Gasteiger partial charge in [0.2, 0.25) is 0 Å². The van der Waals surface area contributed by atoms with Crippen molar-refractivity contribution in [2.45, 2.75) is 80.1 Å². The molecule has 0 aliphatic heterocycles. The number of hydrogen-bond acceptors (Lipinski definition) is 4. The number of hydrogen-bond donors (Lipinski definition) is 0. The molecular weight excluding hydrogens is 400 g/mol. The van der Waals surface area contributed by atoms with Crippen LogP contribution in [-0.2, 0) is 9.47 Å². The highest BCUT2D eigenvalue weighted by Crippen LogP contribution is 2.15. The van der Waals surface area contributed by atoms with Gasteiger partial charge in [-0.1, -0.05) is 43.2 Å². The Morgan fingerprint density at radius 3 is 1.53 bits per heavy atom. The molecule has 0 fully saturated rings. The second-order valence-corrected chi connectivity index (χ2v) is 9.36. The van der Waals surface area contributed by atoms with Gasteiger partial charge in [-0.2, -0.15) is 0 Å². The quantitative estimate of drug-likeness (QED) is 0.220. The van der Waals surface area contributed by atoms with E-state index in [1.165, 1.54) is 11.1 Å². The Labute approximate surface area is 195 Å². The molecule has 0 bridgehead atoms. The second kappa shape index (κ2) is 15.4. The van der Waals surface area contributed by atoms with Crippen LogP contribution in [0.2, 0.25) is 0 Å². The zero-order valence-corrected chi connectivity index (χ0v) is 20.9. The van der Waals surface area contributed by atoms with Crippen LogP contribution in [0.1, 0.15) is 101 Å². The van der Waals surface area contributed by atoms with Crippen LogP contribution in [0.3, 0.4) is 0 Å². The Morgan fingerprint density at radius 1 is 0.750 bits per heavy atom. The van der Waals surface area contributed by atoms with Gasteiger partial charge in [0.1, 0.15) is 0 Å². The van der Waals surface area contributed by atoms with Crippen LogP contribution < -0.4 is 0 Å². The molecule has 0 N–H and O–H groups in total. The van der Waals surface area contributed by atoms with Gasteiger partial charge in [0, 0.05) is 0 Å². The molecule has 0 heterocycles. The van der Waals surface area contributed by atoms with Crippen molar-refractivity contribution in [3.8, 4) is 0 Å². The molecule has 0 aromatic heterocycles. The van der Waals surface area contributed by atoms with Crippen molar-refractivity contribution in [3.63, 3.8) is 0 Å². The molecule has 0 amide bonds. The fourth-order valence-electron chi connectivity index (χ4n) is 3.25. The van der Waals surface area contributed by atoms with E-state index in [0.29, 0.717) is 36.2 Å². The van der Waals surface area contributed by atoms with Crippen LogP contribution in [0.25, 0.3) is 0 Å². The highest BCUT2D eigenvalue weighted by atomic mass is 16.5. The van der Waals surface area contributed by atoms with Gasteiger partial charge in [0.25, 0.3) is 0 Å². The molecule has 0 aliphatic rings. The van der Waals surface area contributed by atoms with Gasteiger partial charge >= 0.3 is 11.9 Å². The summed E-state index contributed by atoms with van der Waals surface area (Å²) in [5.74, 6) is 0.182. The van der Waals surface area contributed by atoms with Gasteiger partial charge in [-0.3, -0.25) is 0 Å². The van der Waals surface area contributed by atoms with Gasteiger partial charge in [0.15, 0.2) is 0 Å². The molecule has 2 unspecified atom stereocenters. The van der Waals surface area contributed by atoms with Crippen LogP contribution in [0, 0.1) is 11.8 Å². The predicted molar refractivity (Wildman–Crippen MR) is 132 cm³/mol. The van der Waals surface area contributed by atoms with Gasteiger partial charge < -0.3 is 9.47 Å². The first-order chi connectivity index (χ1) is 15.2. The van der Waals surface area contributed by atoms with E-state index < -0.39 is 11.9 Å². The molecule has 32 heavy (non-hydrogen) atoms. The number of allylic oxidation sites excluding steroid dienone is 4. The van der Waals surface area contributed by atoms with E-state index in [0.717, 1.165) is 38.5 Å². The summed E-state index contributed by atoms with van der Waals surface area (Å²) >= 11 is 0. The maximum Gasteiger partial charge on any atom is 0.338 e. The third-order valence-corrected chi connectivity index (χ3v) is 5.45. The summed E-state index contributed by atoms with van der Waals surface area (Å²) in [5, 5.41) is 0. The molecule has 1 aromatic rings. The maximum atomic E-state index is 12.4. The molecule has 1 aromatic carbocycles. The number of ether oxygens (including phenoxy) is 2. The van der Waals surface area contributed by atoms with Crippen molar-refractivity contribution >= 4 is 11.9 Å². The summed E-state index contributed by atoms with van der Waals surface area (Å²) in [6.07, 6.45) is 10.4. The van der Waals surface area contributed by atoms with Crippen molar-refractivity contribution in [3.05, 3.63) is 58.7 Å². The van der Waals surface area contributed by atoms with Gasteiger partial charge in [-0.05, 0) is 96.3 Å². The summed E-state index contributed by atoms with van der Waals surface area (Å²) in [6, 6.07) is 6.59. The normalized spacial score (nSPS) is 12.4. The number of carbonyl (C=O) groups is 2. The Bertz CT molecular complexity index is 706. The molecule has 0 spiro atoms. The summed E-state index contributed by atoms with van der Waals surface area (Å²) in [7, 11) is 0. The second-order valence-electron chi connectivity index (χ2n) is 9.36. The molecule has 0 saturated heterocycles. The van der Waals surface area contributed by atoms with E-state index in [1.807, 2.05) is 0 Å². The van der Waals surface area contributed by atoms with Crippen LogP contribution in [0.15, 0.2) is 47.6 Å². The lowest BCUT2D eigenvalue weighted by Gasteiger charge is -2.12. The van der Waals surface area contributed by atoms with Crippen molar-refractivity contribution in [2.75, 3.05) is 13.2 Å². The smallest absolute Gasteiger partial charge is 0.338 e. The third-order valence-electron chi connectivity index (χ3n) is 5.45. The first-order valence-electron chi connectivity index (χ1n) is 11.9. The van der Waals surface area contributed by atoms with Gasteiger partial charge in [-0.25, -0.2) is 9.59 Å². The lowest BCUT2D eigenvalue weighted by Crippen LogP contribution is -2.12. The summed E-state index contributed by atoms with van der Waals surface area (Å²) < 4.78 is 10.8. The van der Waals surface area contributed by atoms with Crippen LogP contribution in [0.5, 0.6) is 0 Å². The van der Waals surface area contributed by atoms with E-state index in [2.05, 4.69) is 53.7 Å². The minimum Gasteiger partial charge on any atom is -0.462 e. The zero-order valence-electron chi connectivity index (χ0n) is 20.9. The number of esters is 2. The average molecular weight is 443 g/mol. The fraction of sp³-hybridized carbons (Fsp3) is 0.571. The van der Waals surface area contributed by atoms with Crippen LogP contribution >= 0.6 is 0 Å². The molecule has 4 heteroatoms. The molecule has 4 nitrogen and oxygen atoms in total. The minimum atomic E-state index is -0.399. The van der Waals surface area contributed by atoms with Gasteiger partial charge in [0.05, 0.1) is 24.3 Å². The Morgan fingerprint density at radius 2 is 1.16 bits per heavy atom. The minimum absolute atomic E-state index is 0.381. The highest BCUT2D eigenvalue weighted by Gasteiger charge is 2.13. The third kappa shape index (κ3) is 12.5. The summed E-state index contributed by atoms with van der Waals surface area (Å²) in [5.41, 5.74) is 3.42. The lowest BCUT2D eigenvalue weighted by atomic mass is 10.0.